The zero-order chi connectivity index (χ0) is 19.7. The second-order valence-corrected chi connectivity index (χ2v) is 8.69. The predicted molar refractivity (Wildman–Crippen MR) is 104 cm³/mol. The van der Waals surface area contributed by atoms with E-state index < -0.39 is 0 Å². The van der Waals surface area contributed by atoms with Crippen LogP contribution in [0.2, 0.25) is 0 Å². The van der Waals surface area contributed by atoms with E-state index in [4.69, 9.17) is 4.52 Å². The van der Waals surface area contributed by atoms with Crippen LogP contribution in [0.3, 0.4) is 0 Å². The predicted octanol–water partition coefficient (Wildman–Crippen LogP) is 4.07. The summed E-state index contributed by atoms with van der Waals surface area (Å²) in [4.78, 5) is 17.2. The van der Waals surface area contributed by atoms with Gasteiger partial charge in [0.2, 0.25) is 0 Å². The van der Waals surface area contributed by atoms with E-state index in [9.17, 15) is 9.18 Å². The molecule has 1 aromatic carbocycles. The molecule has 2 saturated heterocycles. The van der Waals surface area contributed by atoms with E-state index in [1.54, 1.807) is 6.07 Å². The van der Waals surface area contributed by atoms with Crippen molar-refractivity contribution in [2.45, 2.75) is 45.6 Å². The van der Waals surface area contributed by atoms with Gasteiger partial charge >= 0.3 is 0 Å². The Balaban J connectivity index is 1.40. The Kier molecular flexibility index (Phi) is 5.23. The van der Waals surface area contributed by atoms with Crippen molar-refractivity contribution >= 4 is 5.91 Å². The van der Waals surface area contributed by atoms with Crippen LogP contribution in [0.15, 0.2) is 34.9 Å². The summed E-state index contributed by atoms with van der Waals surface area (Å²) in [6, 6.07) is 8.54. The van der Waals surface area contributed by atoms with Crippen molar-refractivity contribution in [3.63, 3.8) is 0 Å². The number of rotatable bonds is 4. The fourth-order valence-corrected chi connectivity index (χ4v) is 4.56. The average Bonchev–Trinajstić information content (AvgIpc) is 3.31. The first-order chi connectivity index (χ1) is 13.4. The van der Waals surface area contributed by atoms with Gasteiger partial charge in [0.1, 0.15) is 11.6 Å². The van der Waals surface area contributed by atoms with Crippen molar-refractivity contribution in [2.24, 2.45) is 5.41 Å². The van der Waals surface area contributed by atoms with Gasteiger partial charge < -0.3 is 9.42 Å². The molecule has 150 valence electrons. The van der Waals surface area contributed by atoms with Crippen LogP contribution in [-0.4, -0.2) is 47.0 Å². The topological polar surface area (TPSA) is 49.6 Å². The molecular formula is C22H28FN3O2. The minimum absolute atomic E-state index is 0.0248. The quantitative estimate of drug-likeness (QED) is 0.796. The summed E-state index contributed by atoms with van der Waals surface area (Å²) in [6.07, 6.45) is 3.30. The van der Waals surface area contributed by atoms with Crippen molar-refractivity contribution < 1.29 is 13.7 Å². The van der Waals surface area contributed by atoms with Gasteiger partial charge in [-0.05, 0) is 43.5 Å². The first-order valence-electron chi connectivity index (χ1n) is 10.2. The number of carbonyl (C=O) groups excluding carboxylic acids is 1. The van der Waals surface area contributed by atoms with Gasteiger partial charge in [0.25, 0.3) is 5.91 Å². The van der Waals surface area contributed by atoms with E-state index in [-0.39, 0.29) is 23.1 Å². The Morgan fingerprint density at radius 3 is 2.71 bits per heavy atom. The molecule has 1 aromatic heterocycles. The monoisotopic (exact) mass is 385 g/mol. The minimum atomic E-state index is -0.197. The zero-order valence-electron chi connectivity index (χ0n) is 16.7. The third-order valence-corrected chi connectivity index (χ3v) is 6.10. The van der Waals surface area contributed by atoms with Crippen LogP contribution in [0.4, 0.5) is 4.39 Å². The van der Waals surface area contributed by atoms with Crippen LogP contribution in [-0.2, 0) is 6.54 Å². The van der Waals surface area contributed by atoms with Crippen LogP contribution in [0, 0.1) is 11.2 Å². The molecule has 4 rings (SSSR count). The van der Waals surface area contributed by atoms with Gasteiger partial charge in [0.05, 0.1) is 0 Å². The Hall–Kier alpha value is -2.21. The largest absolute Gasteiger partial charge is 0.360 e. The fraction of sp³-hybridized carbons (Fsp3) is 0.545. The summed E-state index contributed by atoms with van der Waals surface area (Å²) in [7, 11) is 0. The summed E-state index contributed by atoms with van der Waals surface area (Å²) >= 11 is 0. The molecule has 0 aliphatic carbocycles. The summed E-state index contributed by atoms with van der Waals surface area (Å²) in [5.41, 5.74) is 1.70. The van der Waals surface area contributed by atoms with E-state index >= 15 is 0 Å². The van der Waals surface area contributed by atoms with E-state index in [0.29, 0.717) is 5.69 Å². The highest BCUT2D eigenvalue weighted by Crippen LogP contribution is 2.39. The van der Waals surface area contributed by atoms with E-state index in [2.05, 4.69) is 10.1 Å². The number of hydrogen-bond donors (Lipinski definition) is 0. The highest BCUT2D eigenvalue weighted by Gasteiger charge is 2.43. The summed E-state index contributed by atoms with van der Waals surface area (Å²) < 4.78 is 18.5. The van der Waals surface area contributed by atoms with Gasteiger partial charge in [0, 0.05) is 43.6 Å². The molecule has 1 unspecified atom stereocenters. The number of likely N-dealkylation sites (tertiary alicyclic amines) is 2. The highest BCUT2D eigenvalue weighted by molar-refractivity contribution is 5.92. The maximum Gasteiger partial charge on any atom is 0.276 e. The minimum Gasteiger partial charge on any atom is -0.360 e. The lowest BCUT2D eigenvalue weighted by molar-refractivity contribution is 0.0667. The van der Waals surface area contributed by atoms with Crippen molar-refractivity contribution in [3.05, 3.63) is 53.2 Å². The van der Waals surface area contributed by atoms with Gasteiger partial charge in [-0.15, -0.1) is 0 Å². The molecule has 1 spiro atoms. The third kappa shape index (κ3) is 3.97. The summed E-state index contributed by atoms with van der Waals surface area (Å²) in [6.45, 7) is 8.45. The molecule has 28 heavy (non-hydrogen) atoms. The van der Waals surface area contributed by atoms with Crippen LogP contribution in [0.25, 0.3) is 0 Å². The molecule has 0 N–H and O–H groups in total. The smallest absolute Gasteiger partial charge is 0.276 e. The molecule has 2 fully saturated rings. The molecular weight excluding hydrogens is 357 g/mol. The van der Waals surface area contributed by atoms with Gasteiger partial charge in [-0.1, -0.05) is 31.1 Å². The molecule has 3 heterocycles. The maximum atomic E-state index is 13.1. The molecule has 1 atom stereocenters. The Morgan fingerprint density at radius 1 is 1.21 bits per heavy atom. The molecule has 1 amide bonds. The lowest BCUT2D eigenvalue weighted by Crippen LogP contribution is -2.45. The van der Waals surface area contributed by atoms with Crippen molar-refractivity contribution in [2.75, 3.05) is 26.2 Å². The van der Waals surface area contributed by atoms with Crippen molar-refractivity contribution in [1.82, 2.24) is 15.0 Å². The number of aromatic nitrogens is 1. The highest BCUT2D eigenvalue weighted by atomic mass is 19.1. The molecule has 2 aromatic rings. The number of benzene rings is 1. The second kappa shape index (κ2) is 7.66. The van der Waals surface area contributed by atoms with Gasteiger partial charge in [-0.3, -0.25) is 9.69 Å². The first-order valence-corrected chi connectivity index (χ1v) is 10.2. The van der Waals surface area contributed by atoms with Crippen molar-refractivity contribution in [1.29, 1.82) is 0 Å². The molecule has 2 aliphatic rings. The van der Waals surface area contributed by atoms with E-state index in [1.165, 1.54) is 12.1 Å². The van der Waals surface area contributed by atoms with Crippen LogP contribution in [0.5, 0.6) is 0 Å². The number of nitrogens with zero attached hydrogens (tertiary/aromatic N) is 3. The summed E-state index contributed by atoms with van der Waals surface area (Å²) in [5, 5.41) is 3.99. The number of piperidine rings is 1. The standard InChI is InChI=1S/C22H28FN3O2/c1-16(2)20-12-19(24-28-20)21(27)26-11-9-22(15-26)8-3-10-25(14-22)13-17-4-6-18(23)7-5-17/h4-7,12,16H,3,8-11,13-15H2,1-2H3. The Bertz CT molecular complexity index is 833. The third-order valence-electron chi connectivity index (χ3n) is 6.10. The number of halogens is 1. The fourth-order valence-electron chi connectivity index (χ4n) is 4.56. The number of carbonyl (C=O) groups is 1. The number of hydrogen-bond acceptors (Lipinski definition) is 4. The first kappa shape index (κ1) is 19.1. The summed E-state index contributed by atoms with van der Waals surface area (Å²) in [5.74, 6) is 0.748. The lowest BCUT2D eigenvalue weighted by Gasteiger charge is -2.40. The van der Waals surface area contributed by atoms with Crippen LogP contribution >= 0.6 is 0 Å². The van der Waals surface area contributed by atoms with Crippen LogP contribution < -0.4 is 0 Å². The van der Waals surface area contributed by atoms with E-state index in [1.807, 2.05) is 30.9 Å². The van der Waals surface area contributed by atoms with Crippen molar-refractivity contribution in [3.8, 4) is 0 Å². The molecule has 0 radical (unpaired) electrons. The SMILES string of the molecule is CC(C)c1cc(C(=O)N2CCC3(CCCN(Cc4ccc(F)cc4)C3)C2)no1. The molecule has 5 nitrogen and oxygen atoms in total. The molecule has 0 bridgehead atoms. The normalized spacial score (nSPS) is 23.1. The van der Waals surface area contributed by atoms with Gasteiger partial charge in [-0.2, -0.15) is 0 Å². The van der Waals surface area contributed by atoms with Crippen LogP contribution in [0.1, 0.15) is 60.8 Å². The lowest BCUT2D eigenvalue weighted by atomic mass is 9.79. The Morgan fingerprint density at radius 2 is 2.00 bits per heavy atom. The van der Waals surface area contributed by atoms with Gasteiger partial charge in [-0.25, -0.2) is 4.39 Å². The second-order valence-electron chi connectivity index (χ2n) is 8.69. The van der Waals surface area contributed by atoms with Gasteiger partial charge in [0.15, 0.2) is 5.69 Å². The molecule has 2 aliphatic heterocycles. The number of amides is 1. The Labute approximate surface area is 165 Å². The maximum absolute atomic E-state index is 13.1. The average molecular weight is 385 g/mol. The molecule has 0 saturated carbocycles. The molecule has 6 heteroatoms. The van der Waals surface area contributed by atoms with E-state index in [0.717, 1.165) is 63.3 Å². The zero-order valence-corrected chi connectivity index (χ0v) is 16.7.